The number of methoxy groups -OCH3 is 1. The smallest absolute Gasteiger partial charge is 0.323 e. The number of thiazole rings is 1. The number of ether oxygens (including phenoxy) is 1. The Morgan fingerprint density at radius 3 is 2.74 bits per heavy atom. The van der Waals surface area contributed by atoms with Gasteiger partial charge in [-0.15, -0.1) is 0 Å². The molecule has 0 aliphatic carbocycles. The molecule has 0 aliphatic heterocycles. The van der Waals surface area contributed by atoms with Crippen LogP contribution in [0.5, 0.6) is 0 Å². The van der Waals surface area contributed by atoms with Gasteiger partial charge in [0, 0.05) is 18.4 Å². The number of hydrogen-bond donors (Lipinski definition) is 2. The average Bonchev–Trinajstić information content (AvgIpc) is 3.39. The van der Waals surface area contributed by atoms with Gasteiger partial charge in [-0.2, -0.15) is 15.0 Å². The standard InChI is InChI=1S/C20H20ClN7O2S/c1-4-16(30-3)17-14(10-22-19-18(17)25-11(2)31-19)27-20(29)26-12-5-6-15(13(21)9-12)28-23-7-8-24-28/h5-10,16H,4H2,1-3H3,(H2,26,27,29). The molecule has 1 atom stereocenters. The van der Waals surface area contributed by atoms with Gasteiger partial charge in [0.2, 0.25) is 0 Å². The van der Waals surface area contributed by atoms with E-state index in [1.54, 1.807) is 43.9 Å². The second-order valence-corrected chi connectivity index (χ2v) is 8.26. The van der Waals surface area contributed by atoms with E-state index in [1.807, 2.05) is 13.8 Å². The number of aryl methyl sites for hydroxylation is 1. The van der Waals surface area contributed by atoms with Crippen LogP contribution in [0.25, 0.3) is 16.0 Å². The minimum absolute atomic E-state index is 0.224. The van der Waals surface area contributed by atoms with Crippen molar-refractivity contribution >= 4 is 50.7 Å². The van der Waals surface area contributed by atoms with Crippen LogP contribution in [0.1, 0.15) is 30.0 Å². The van der Waals surface area contributed by atoms with Crippen molar-refractivity contribution < 1.29 is 9.53 Å². The molecule has 2 N–H and O–H groups in total. The van der Waals surface area contributed by atoms with Crippen molar-refractivity contribution in [2.45, 2.75) is 26.4 Å². The molecule has 160 valence electrons. The van der Waals surface area contributed by atoms with Crippen molar-refractivity contribution in [3.05, 3.63) is 52.4 Å². The fourth-order valence-electron chi connectivity index (χ4n) is 3.29. The highest BCUT2D eigenvalue weighted by molar-refractivity contribution is 7.18. The van der Waals surface area contributed by atoms with Gasteiger partial charge in [-0.25, -0.2) is 14.8 Å². The topological polar surface area (TPSA) is 107 Å². The monoisotopic (exact) mass is 457 g/mol. The van der Waals surface area contributed by atoms with Crippen LogP contribution in [0.4, 0.5) is 16.2 Å². The summed E-state index contributed by atoms with van der Waals surface area (Å²) in [5.74, 6) is 0. The SMILES string of the molecule is CCC(OC)c1c(NC(=O)Nc2ccc(-n3nccn3)c(Cl)c2)cnc2sc(C)nc12. The minimum atomic E-state index is -0.429. The van der Waals surface area contributed by atoms with Crippen molar-refractivity contribution in [2.75, 3.05) is 17.7 Å². The minimum Gasteiger partial charge on any atom is -0.377 e. The molecule has 4 aromatic rings. The maximum atomic E-state index is 12.7. The maximum absolute atomic E-state index is 12.7. The van der Waals surface area contributed by atoms with E-state index in [0.29, 0.717) is 22.1 Å². The first-order valence-corrected chi connectivity index (χ1v) is 10.7. The molecule has 31 heavy (non-hydrogen) atoms. The summed E-state index contributed by atoms with van der Waals surface area (Å²) in [5, 5.41) is 15.1. The van der Waals surface area contributed by atoms with Crippen molar-refractivity contribution in [3.63, 3.8) is 0 Å². The predicted octanol–water partition coefficient (Wildman–Crippen LogP) is 4.98. The highest BCUT2D eigenvalue weighted by Crippen LogP contribution is 2.35. The number of nitrogens with zero attached hydrogens (tertiary/aromatic N) is 5. The Morgan fingerprint density at radius 1 is 1.29 bits per heavy atom. The summed E-state index contributed by atoms with van der Waals surface area (Å²) in [6, 6.07) is 4.66. The molecule has 0 fully saturated rings. The Bertz CT molecular complexity index is 1220. The number of carbonyl (C=O) groups is 1. The van der Waals surface area contributed by atoms with E-state index in [1.165, 1.54) is 16.1 Å². The van der Waals surface area contributed by atoms with Crippen molar-refractivity contribution in [2.24, 2.45) is 0 Å². The number of rotatable bonds is 6. The zero-order chi connectivity index (χ0) is 22.0. The first-order chi connectivity index (χ1) is 15.0. The molecule has 3 aromatic heterocycles. The maximum Gasteiger partial charge on any atom is 0.323 e. The molecular weight excluding hydrogens is 438 g/mol. The van der Waals surface area contributed by atoms with E-state index >= 15 is 0 Å². The van der Waals surface area contributed by atoms with Gasteiger partial charge in [0.1, 0.15) is 16.0 Å². The lowest BCUT2D eigenvalue weighted by atomic mass is 10.1. The van der Waals surface area contributed by atoms with Gasteiger partial charge in [-0.3, -0.25) is 0 Å². The van der Waals surface area contributed by atoms with Crippen LogP contribution in [0.3, 0.4) is 0 Å². The van der Waals surface area contributed by atoms with Gasteiger partial charge in [-0.1, -0.05) is 29.9 Å². The van der Waals surface area contributed by atoms with Crippen molar-refractivity contribution in [1.82, 2.24) is 25.0 Å². The quantitative estimate of drug-likeness (QED) is 0.423. The Balaban J connectivity index is 1.58. The molecule has 0 spiro atoms. The number of hydrogen-bond acceptors (Lipinski definition) is 7. The molecule has 4 rings (SSSR count). The van der Waals surface area contributed by atoms with Crippen molar-refractivity contribution in [1.29, 1.82) is 0 Å². The largest absolute Gasteiger partial charge is 0.377 e. The fraction of sp³-hybridized carbons (Fsp3) is 0.250. The molecular formula is C20H20ClN7O2S. The van der Waals surface area contributed by atoms with E-state index in [2.05, 4.69) is 30.8 Å². The Morgan fingerprint density at radius 2 is 2.06 bits per heavy atom. The molecule has 9 nitrogen and oxygen atoms in total. The van der Waals surface area contributed by atoms with Crippen LogP contribution < -0.4 is 10.6 Å². The molecule has 0 aliphatic rings. The third-order valence-corrected chi connectivity index (χ3v) is 5.82. The van der Waals surface area contributed by atoms with Crippen molar-refractivity contribution in [3.8, 4) is 5.69 Å². The molecule has 11 heteroatoms. The summed E-state index contributed by atoms with van der Waals surface area (Å²) < 4.78 is 5.64. The number of nitrogens with one attached hydrogen (secondary N) is 2. The van der Waals surface area contributed by atoms with Crippen LogP contribution in [-0.2, 0) is 4.74 Å². The molecule has 0 saturated carbocycles. The third-order valence-electron chi connectivity index (χ3n) is 4.64. The lowest BCUT2D eigenvalue weighted by Crippen LogP contribution is -2.21. The number of urea groups is 1. The number of benzene rings is 1. The number of halogens is 1. The Hall–Kier alpha value is -3.08. The molecule has 0 saturated heterocycles. The van der Waals surface area contributed by atoms with E-state index in [0.717, 1.165) is 27.3 Å². The van der Waals surface area contributed by atoms with Gasteiger partial charge in [0.15, 0.2) is 0 Å². The van der Waals surface area contributed by atoms with Gasteiger partial charge in [0.25, 0.3) is 0 Å². The zero-order valence-electron chi connectivity index (χ0n) is 17.1. The zero-order valence-corrected chi connectivity index (χ0v) is 18.7. The van der Waals surface area contributed by atoms with E-state index < -0.39 is 6.03 Å². The van der Waals surface area contributed by atoms with Gasteiger partial charge < -0.3 is 15.4 Å². The van der Waals surface area contributed by atoms with E-state index in [4.69, 9.17) is 16.3 Å². The summed E-state index contributed by atoms with van der Waals surface area (Å²) in [6.45, 7) is 3.94. The van der Waals surface area contributed by atoms with Gasteiger partial charge in [-0.05, 0) is 31.5 Å². The van der Waals surface area contributed by atoms with Crippen LogP contribution in [0, 0.1) is 6.92 Å². The third kappa shape index (κ3) is 4.36. The normalized spacial score (nSPS) is 12.1. The lowest BCUT2D eigenvalue weighted by Gasteiger charge is -2.18. The highest BCUT2D eigenvalue weighted by atomic mass is 35.5. The number of carbonyl (C=O) groups excluding carboxylic acids is 1. The summed E-state index contributed by atoms with van der Waals surface area (Å²) in [4.78, 5) is 24.0. The predicted molar refractivity (Wildman–Crippen MR) is 121 cm³/mol. The van der Waals surface area contributed by atoms with Crippen LogP contribution in [0.15, 0.2) is 36.8 Å². The summed E-state index contributed by atoms with van der Waals surface area (Å²) >= 11 is 7.83. The fourth-order valence-corrected chi connectivity index (χ4v) is 4.32. The lowest BCUT2D eigenvalue weighted by molar-refractivity contribution is 0.102. The van der Waals surface area contributed by atoms with Gasteiger partial charge in [0.05, 0.1) is 40.4 Å². The first kappa shape index (κ1) is 21.2. The molecule has 3 heterocycles. The average molecular weight is 458 g/mol. The molecule has 1 unspecified atom stereocenters. The van der Waals surface area contributed by atoms with Crippen LogP contribution in [0.2, 0.25) is 5.02 Å². The summed E-state index contributed by atoms with van der Waals surface area (Å²) in [5.41, 5.74) is 3.24. The molecule has 2 amide bonds. The number of fused-ring (bicyclic) bond motifs is 1. The Kier molecular flexibility index (Phi) is 6.12. The Labute approximate surface area is 187 Å². The van der Waals surface area contributed by atoms with Crippen LogP contribution >= 0.6 is 22.9 Å². The number of anilines is 2. The number of amides is 2. The van der Waals surface area contributed by atoms with Gasteiger partial charge >= 0.3 is 6.03 Å². The van der Waals surface area contributed by atoms with Crippen LogP contribution in [-0.4, -0.2) is 38.1 Å². The summed E-state index contributed by atoms with van der Waals surface area (Å²) in [7, 11) is 1.64. The highest BCUT2D eigenvalue weighted by Gasteiger charge is 2.21. The van der Waals surface area contributed by atoms with E-state index in [-0.39, 0.29) is 6.10 Å². The molecule has 0 radical (unpaired) electrons. The molecule has 1 aromatic carbocycles. The number of pyridine rings is 1. The second-order valence-electron chi connectivity index (χ2n) is 6.67. The summed E-state index contributed by atoms with van der Waals surface area (Å²) in [6.07, 6.45) is 5.26. The van der Waals surface area contributed by atoms with E-state index in [9.17, 15) is 4.79 Å². The number of aromatic nitrogens is 5. The first-order valence-electron chi connectivity index (χ1n) is 9.53. The molecule has 0 bridgehead atoms. The second kappa shape index (κ2) is 8.96.